The van der Waals surface area contributed by atoms with E-state index in [0.717, 1.165) is 16.4 Å². The van der Waals surface area contributed by atoms with Crippen molar-refractivity contribution in [2.24, 2.45) is 7.05 Å². The minimum absolute atomic E-state index is 0.282. The number of nitrogens with one attached hydrogen (secondary N) is 1. The third-order valence-corrected chi connectivity index (χ3v) is 3.56. The SMILES string of the molecule is Cn1cc2ccc(NC(=O)c3cnc4ccccc4n3)cc2n1. The molecule has 1 amide bonds. The van der Waals surface area contributed by atoms with Crippen molar-refractivity contribution in [3.63, 3.8) is 0 Å². The highest BCUT2D eigenvalue weighted by Gasteiger charge is 2.10. The van der Waals surface area contributed by atoms with Gasteiger partial charge in [-0.15, -0.1) is 0 Å². The molecule has 0 spiro atoms. The highest BCUT2D eigenvalue weighted by Crippen LogP contribution is 2.18. The minimum Gasteiger partial charge on any atom is -0.321 e. The highest BCUT2D eigenvalue weighted by molar-refractivity contribution is 6.04. The monoisotopic (exact) mass is 303 g/mol. The van der Waals surface area contributed by atoms with Crippen LogP contribution in [0.5, 0.6) is 0 Å². The number of anilines is 1. The van der Waals surface area contributed by atoms with Crippen LogP contribution in [0.1, 0.15) is 10.5 Å². The zero-order valence-corrected chi connectivity index (χ0v) is 12.4. The molecule has 0 saturated heterocycles. The average Bonchev–Trinajstić information content (AvgIpc) is 2.93. The molecule has 0 radical (unpaired) electrons. The van der Waals surface area contributed by atoms with Crippen LogP contribution in [0.3, 0.4) is 0 Å². The second-order valence-electron chi connectivity index (χ2n) is 5.27. The molecule has 2 heterocycles. The summed E-state index contributed by atoms with van der Waals surface area (Å²) in [6, 6.07) is 13.0. The van der Waals surface area contributed by atoms with Crippen molar-refractivity contribution >= 4 is 33.5 Å². The first-order valence-corrected chi connectivity index (χ1v) is 7.15. The molecule has 6 nitrogen and oxygen atoms in total. The third-order valence-electron chi connectivity index (χ3n) is 3.56. The van der Waals surface area contributed by atoms with Crippen LogP contribution in [0.4, 0.5) is 5.69 Å². The Labute approximate surface area is 131 Å². The van der Waals surface area contributed by atoms with E-state index >= 15 is 0 Å². The first kappa shape index (κ1) is 13.4. The number of hydrogen-bond donors (Lipinski definition) is 1. The Morgan fingerprint density at radius 1 is 1.09 bits per heavy atom. The summed E-state index contributed by atoms with van der Waals surface area (Å²) < 4.78 is 1.74. The van der Waals surface area contributed by atoms with Crippen molar-refractivity contribution in [1.29, 1.82) is 0 Å². The summed E-state index contributed by atoms with van der Waals surface area (Å²) in [5, 5.41) is 8.19. The summed E-state index contributed by atoms with van der Waals surface area (Å²) in [7, 11) is 1.86. The van der Waals surface area contributed by atoms with Gasteiger partial charge in [0.15, 0.2) is 0 Å². The lowest BCUT2D eigenvalue weighted by Gasteiger charge is -2.05. The molecule has 0 atom stereocenters. The number of amides is 1. The van der Waals surface area contributed by atoms with Crippen molar-refractivity contribution < 1.29 is 4.79 Å². The third kappa shape index (κ3) is 2.50. The van der Waals surface area contributed by atoms with Crippen molar-refractivity contribution in [3.05, 3.63) is 60.6 Å². The molecular formula is C17H13N5O. The number of rotatable bonds is 2. The van der Waals surface area contributed by atoms with E-state index in [1.54, 1.807) is 4.68 Å². The number of benzene rings is 2. The highest BCUT2D eigenvalue weighted by atomic mass is 16.1. The van der Waals surface area contributed by atoms with Crippen molar-refractivity contribution in [2.75, 3.05) is 5.32 Å². The van der Waals surface area contributed by atoms with Crippen molar-refractivity contribution in [2.45, 2.75) is 0 Å². The maximum absolute atomic E-state index is 12.4. The zero-order valence-electron chi connectivity index (χ0n) is 12.4. The molecular weight excluding hydrogens is 290 g/mol. The second kappa shape index (κ2) is 5.17. The van der Waals surface area contributed by atoms with Crippen LogP contribution in [0, 0.1) is 0 Å². The Kier molecular flexibility index (Phi) is 3.01. The molecule has 0 aliphatic rings. The van der Waals surface area contributed by atoms with Gasteiger partial charge in [0.1, 0.15) is 5.69 Å². The minimum atomic E-state index is -0.293. The van der Waals surface area contributed by atoms with E-state index in [0.29, 0.717) is 11.2 Å². The molecule has 0 saturated carbocycles. The smallest absolute Gasteiger partial charge is 0.275 e. The molecule has 0 unspecified atom stereocenters. The predicted octanol–water partition coefficient (Wildman–Crippen LogP) is 2.77. The molecule has 2 aromatic heterocycles. The Hall–Kier alpha value is -3.28. The first-order chi connectivity index (χ1) is 11.2. The van der Waals surface area contributed by atoms with Crippen molar-refractivity contribution in [1.82, 2.24) is 19.7 Å². The Morgan fingerprint density at radius 3 is 2.78 bits per heavy atom. The lowest BCUT2D eigenvalue weighted by atomic mass is 10.2. The van der Waals surface area contributed by atoms with E-state index in [9.17, 15) is 4.79 Å². The normalized spacial score (nSPS) is 11.0. The van der Waals surface area contributed by atoms with Crippen LogP contribution < -0.4 is 5.32 Å². The summed E-state index contributed by atoms with van der Waals surface area (Å²) in [6.45, 7) is 0. The fourth-order valence-corrected chi connectivity index (χ4v) is 2.48. The number of carbonyl (C=O) groups is 1. The zero-order chi connectivity index (χ0) is 15.8. The van der Waals surface area contributed by atoms with Crippen LogP contribution in [-0.2, 0) is 7.05 Å². The van der Waals surface area contributed by atoms with Gasteiger partial charge in [0.05, 0.1) is 22.7 Å². The molecule has 0 fully saturated rings. The van der Waals surface area contributed by atoms with Crippen molar-refractivity contribution in [3.8, 4) is 0 Å². The molecule has 2 aromatic carbocycles. The van der Waals surface area contributed by atoms with Crippen LogP contribution in [0.15, 0.2) is 54.9 Å². The number of aryl methyl sites for hydroxylation is 1. The van der Waals surface area contributed by atoms with Crippen LogP contribution in [-0.4, -0.2) is 25.7 Å². The van der Waals surface area contributed by atoms with Gasteiger partial charge >= 0.3 is 0 Å². The molecule has 0 aliphatic heterocycles. The number of para-hydroxylation sites is 2. The van der Waals surface area contributed by atoms with Crippen LogP contribution >= 0.6 is 0 Å². The van der Waals surface area contributed by atoms with Crippen LogP contribution in [0.25, 0.3) is 21.9 Å². The second-order valence-corrected chi connectivity index (χ2v) is 5.27. The average molecular weight is 303 g/mol. The van der Waals surface area contributed by atoms with Gasteiger partial charge in [0.2, 0.25) is 0 Å². The quantitative estimate of drug-likeness (QED) is 0.618. The van der Waals surface area contributed by atoms with Gasteiger partial charge in [-0.2, -0.15) is 5.10 Å². The number of fused-ring (bicyclic) bond motifs is 2. The van der Waals surface area contributed by atoms with Crippen LogP contribution in [0.2, 0.25) is 0 Å². The lowest BCUT2D eigenvalue weighted by Crippen LogP contribution is -2.14. The molecule has 0 bridgehead atoms. The summed E-state index contributed by atoms with van der Waals surface area (Å²) in [6.07, 6.45) is 3.41. The van der Waals surface area contributed by atoms with E-state index in [2.05, 4.69) is 20.4 Å². The number of nitrogens with zero attached hydrogens (tertiary/aromatic N) is 4. The van der Waals surface area contributed by atoms with Gasteiger partial charge in [0.25, 0.3) is 5.91 Å². The molecule has 6 heteroatoms. The lowest BCUT2D eigenvalue weighted by molar-refractivity contribution is 0.102. The predicted molar refractivity (Wildman–Crippen MR) is 88.2 cm³/mol. The van der Waals surface area contributed by atoms with Gasteiger partial charge < -0.3 is 5.32 Å². The molecule has 112 valence electrons. The summed E-state index contributed by atoms with van der Waals surface area (Å²) in [5.74, 6) is -0.293. The van der Waals surface area contributed by atoms with E-state index in [1.807, 2.05) is 55.7 Å². The number of hydrogen-bond acceptors (Lipinski definition) is 4. The van der Waals surface area contributed by atoms with Gasteiger partial charge in [-0.3, -0.25) is 14.5 Å². The molecule has 4 rings (SSSR count). The molecule has 0 aliphatic carbocycles. The van der Waals surface area contributed by atoms with Gasteiger partial charge in [-0.05, 0) is 30.3 Å². The van der Waals surface area contributed by atoms with E-state index in [4.69, 9.17) is 0 Å². The van der Waals surface area contributed by atoms with E-state index < -0.39 is 0 Å². The molecule has 4 aromatic rings. The standard InChI is InChI=1S/C17H13N5O/c1-22-10-11-6-7-12(8-15(11)21-22)19-17(23)16-9-18-13-4-2-3-5-14(13)20-16/h2-10H,1H3,(H,19,23). The van der Waals surface area contributed by atoms with Gasteiger partial charge in [-0.25, -0.2) is 4.98 Å². The topological polar surface area (TPSA) is 72.7 Å². The largest absolute Gasteiger partial charge is 0.321 e. The summed E-state index contributed by atoms with van der Waals surface area (Å²) in [5.41, 5.74) is 3.25. The Balaban J connectivity index is 1.64. The maximum Gasteiger partial charge on any atom is 0.275 e. The van der Waals surface area contributed by atoms with E-state index in [1.165, 1.54) is 6.20 Å². The summed E-state index contributed by atoms with van der Waals surface area (Å²) in [4.78, 5) is 21.0. The molecule has 23 heavy (non-hydrogen) atoms. The fourth-order valence-electron chi connectivity index (χ4n) is 2.48. The summed E-state index contributed by atoms with van der Waals surface area (Å²) >= 11 is 0. The maximum atomic E-state index is 12.4. The molecule has 1 N–H and O–H groups in total. The van der Waals surface area contributed by atoms with E-state index in [-0.39, 0.29) is 11.6 Å². The Bertz CT molecular complexity index is 1040. The number of aromatic nitrogens is 4. The fraction of sp³-hybridized carbons (Fsp3) is 0.0588. The first-order valence-electron chi connectivity index (χ1n) is 7.15. The Morgan fingerprint density at radius 2 is 1.91 bits per heavy atom. The van der Waals surface area contributed by atoms with Gasteiger partial charge in [0, 0.05) is 24.3 Å². The number of carbonyl (C=O) groups excluding carboxylic acids is 1. The van der Waals surface area contributed by atoms with Gasteiger partial charge in [-0.1, -0.05) is 12.1 Å².